The second-order valence-electron chi connectivity index (χ2n) is 3.48. The van der Waals surface area contributed by atoms with Gasteiger partial charge >= 0.3 is 0 Å². The van der Waals surface area contributed by atoms with Crippen molar-refractivity contribution in [2.75, 3.05) is 0 Å². The number of rotatable bonds is 2. The molecule has 0 heterocycles. The third-order valence-electron chi connectivity index (χ3n) is 2.26. The van der Waals surface area contributed by atoms with Crippen molar-refractivity contribution in [1.29, 1.82) is 0 Å². The Kier molecular flexibility index (Phi) is 3.43. The van der Waals surface area contributed by atoms with E-state index in [2.05, 4.69) is 0 Å². The Morgan fingerprint density at radius 1 is 0.882 bits per heavy atom. The van der Waals surface area contributed by atoms with Crippen molar-refractivity contribution < 1.29 is 8.42 Å². The van der Waals surface area contributed by atoms with E-state index in [0.29, 0.717) is 5.02 Å². The molecule has 0 saturated carbocycles. The van der Waals surface area contributed by atoms with Gasteiger partial charge < -0.3 is 0 Å². The average molecular weight is 287 g/mol. The van der Waals surface area contributed by atoms with Crippen molar-refractivity contribution in [3.05, 3.63) is 53.6 Å². The first-order valence-corrected chi connectivity index (χ1v) is 7.46. The first-order valence-electron chi connectivity index (χ1n) is 4.77. The molecule has 88 valence electrons. The molecule has 5 heteroatoms. The minimum absolute atomic E-state index is 0.00511. The lowest BCUT2D eigenvalue weighted by Crippen LogP contribution is -1.91. The van der Waals surface area contributed by atoms with Gasteiger partial charge in [-0.25, -0.2) is 8.42 Å². The van der Waals surface area contributed by atoms with E-state index in [0.717, 1.165) is 11.1 Å². The highest BCUT2D eigenvalue weighted by atomic mass is 35.7. The molecule has 0 unspecified atom stereocenters. The standard InChI is InChI=1S/C12H8Cl2O2S/c13-11-6-10(9-4-2-1-3-5-9)7-12(8-11)17(14,15)16/h1-8H. The minimum atomic E-state index is -3.77. The van der Waals surface area contributed by atoms with E-state index in [1.807, 2.05) is 30.3 Å². The summed E-state index contributed by atoms with van der Waals surface area (Å²) in [5.74, 6) is 0. The molecule has 0 N–H and O–H groups in total. The van der Waals surface area contributed by atoms with Crippen LogP contribution >= 0.6 is 22.3 Å². The molecule has 0 atom stereocenters. The van der Waals surface area contributed by atoms with E-state index in [1.54, 1.807) is 6.07 Å². The van der Waals surface area contributed by atoms with E-state index >= 15 is 0 Å². The summed E-state index contributed by atoms with van der Waals surface area (Å²) < 4.78 is 22.6. The fourth-order valence-corrected chi connectivity index (χ4v) is 2.60. The highest BCUT2D eigenvalue weighted by molar-refractivity contribution is 8.13. The Morgan fingerprint density at radius 3 is 2.12 bits per heavy atom. The van der Waals surface area contributed by atoms with Gasteiger partial charge in [0.05, 0.1) is 4.90 Å². The Balaban J connectivity index is 2.61. The first-order chi connectivity index (χ1) is 7.97. The van der Waals surface area contributed by atoms with E-state index in [9.17, 15) is 8.42 Å². The van der Waals surface area contributed by atoms with Crippen LogP contribution < -0.4 is 0 Å². The number of benzene rings is 2. The number of hydrogen-bond donors (Lipinski definition) is 0. The fraction of sp³-hybridized carbons (Fsp3) is 0. The van der Waals surface area contributed by atoms with Gasteiger partial charge in [-0.05, 0) is 29.3 Å². The van der Waals surface area contributed by atoms with Crippen molar-refractivity contribution in [3.8, 4) is 11.1 Å². The number of halogens is 2. The third kappa shape index (κ3) is 3.00. The summed E-state index contributed by atoms with van der Waals surface area (Å²) in [5.41, 5.74) is 1.61. The molecule has 0 fully saturated rings. The normalized spacial score (nSPS) is 11.4. The van der Waals surface area contributed by atoms with Crippen LogP contribution in [0.4, 0.5) is 0 Å². The maximum absolute atomic E-state index is 11.3. The molecule has 2 rings (SSSR count). The molecule has 0 spiro atoms. The van der Waals surface area contributed by atoms with Crippen LogP contribution in [0.25, 0.3) is 11.1 Å². The van der Waals surface area contributed by atoms with Crippen LogP contribution in [-0.4, -0.2) is 8.42 Å². The van der Waals surface area contributed by atoms with Gasteiger partial charge in [-0.3, -0.25) is 0 Å². The molecular weight excluding hydrogens is 279 g/mol. The van der Waals surface area contributed by atoms with Gasteiger partial charge in [-0.1, -0.05) is 41.9 Å². The molecule has 0 bridgehead atoms. The van der Waals surface area contributed by atoms with Crippen molar-refractivity contribution in [3.63, 3.8) is 0 Å². The van der Waals surface area contributed by atoms with E-state index < -0.39 is 9.05 Å². The fourth-order valence-electron chi connectivity index (χ4n) is 1.50. The van der Waals surface area contributed by atoms with Crippen LogP contribution in [0.15, 0.2) is 53.4 Å². The Morgan fingerprint density at radius 2 is 1.53 bits per heavy atom. The molecule has 0 saturated heterocycles. The van der Waals surface area contributed by atoms with Gasteiger partial charge in [0.25, 0.3) is 9.05 Å². The lowest BCUT2D eigenvalue weighted by molar-refractivity contribution is 0.609. The molecule has 2 aromatic rings. The second-order valence-corrected chi connectivity index (χ2v) is 6.48. The topological polar surface area (TPSA) is 34.1 Å². The van der Waals surface area contributed by atoms with Crippen molar-refractivity contribution in [2.24, 2.45) is 0 Å². The molecule has 0 aliphatic heterocycles. The zero-order valence-electron chi connectivity index (χ0n) is 8.60. The van der Waals surface area contributed by atoms with Crippen LogP contribution in [-0.2, 0) is 9.05 Å². The van der Waals surface area contributed by atoms with E-state index in [-0.39, 0.29) is 4.90 Å². The smallest absolute Gasteiger partial charge is 0.207 e. The molecule has 0 aliphatic carbocycles. The molecule has 0 amide bonds. The molecule has 2 aromatic carbocycles. The van der Waals surface area contributed by atoms with Crippen LogP contribution in [0.5, 0.6) is 0 Å². The van der Waals surface area contributed by atoms with Crippen LogP contribution in [0.3, 0.4) is 0 Å². The summed E-state index contributed by atoms with van der Waals surface area (Å²) in [6, 6.07) is 13.9. The Bertz CT molecular complexity index is 637. The molecule has 0 radical (unpaired) electrons. The summed E-state index contributed by atoms with van der Waals surface area (Å²) in [5, 5.41) is 0.338. The highest BCUT2D eigenvalue weighted by Crippen LogP contribution is 2.28. The maximum Gasteiger partial charge on any atom is 0.261 e. The van der Waals surface area contributed by atoms with Crippen LogP contribution in [0.1, 0.15) is 0 Å². The van der Waals surface area contributed by atoms with Crippen molar-refractivity contribution >= 4 is 31.3 Å². The summed E-state index contributed by atoms with van der Waals surface area (Å²) in [4.78, 5) is 0.00511. The van der Waals surface area contributed by atoms with Gasteiger partial charge in [0.2, 0.25) is 0 Å². The molecule has 0 aromatic heterocycles. The quantitative estimate of drug-likeness (QED) is 0.784. The lowest BCUT2D eigenvalue weighted by atomic mass is 10.1. The highest BCUT2D eigenvalue weighted by Gasteiger charge is 2.12. The Hall–Kier alpha value is -1.03. The molecule has 2 nitrogen and oxygen atoms in total. The summed E-state index contributed by atoms with van der Waals surface area (Å²) >= 11 is 5.88. The van der Waals surface area contributed by atoms with Crippen molar-refractivity contribution in [1.82, 2.24) is 0 Å². The first kappa shape index (κ1) is 12.4. The number of hydrogen-bond acceptors (Lipinski definition) is 2. The zero-order chi connectivity index (χ0) is 12.5. The summed E-state index contributed by atoms with van der Waals surface area (Å²) in [6.45, 7) is 0. The predicted octanol–water partition coefficient (Wildman–Crippen LogP) is 3.93. The summed E-state index contributed by atoms with van der Waals surface area (Å²) in [6.07, 6.45) is 0. The molecular formula is C12H8Cl2O2S. The predicted molar refractivity (Wildman–Crippen MR) is 69.9 cm³/mol. The van der Waals surface area contributed by atoms with Gasteiger partial charge in [0, 0.05) is 15.7 Å². The summed E-state index contributed by atoms with van der Waals surface area (Å²) in [7, 11) is 1.54. The maximum atomic E-state index is 11.3. The minimum Gasteiger partial charge on any atom is -0.207 e. The average Bonchev–Trinajstić information content (AvgIpc) is 2.28. The van der Waals surface area contributed by atoms with E-state index in [1.165, 1.54) is 12.1 Å². The SMILES string of the molecule is O=S(=O)(Cl)c1cc(Cl)cc(-c2ccccc2)c1. The monoisotopic (exact) mass is 286 g/mol. The lowest BCUT2D eigenvalue weighted by Gasteiger charge is -2.04. The van der Waals surface area contributed by atoms with Crippen LogP contribution in [0, 0.1) is 0 Å². The van der Waals surface area contributed by atoms with Gasteiger partial charge in [-0.2, -0.15) is 0 Å². The third-order valence-corrected chi connectivity index (χ3v) is 3.81. The largest absolute Gasteiger partial charge is 0.261 e. The van der Waals surface area contributed by atoms with Crippen molar-refractivity contribution in [2.45, 2.75) is 4.90 Å². The zero-order valence-corrected chi connectivity index (χ0v) is 10.9. The van der Waals surface area contributed by atoms with Gasteiger partial charge in [0.1, 0.15) is 0 Å². The van der Waals surface area contributed by atoms with E-state index in [4.69, 9.17) is 22.3 Å². The molecule has 17 heavy (non-hydrogen) atoms. The second kappa shape index (κ2) is 4.69. The van der Waals surface area contributed by atoms with Gasteiger partial charge in [-0.15, -0.1) is 0 Å². The van der Waals surface area contributed by atoms with Crippen LogP contribution in [0.2, 0.25) is 5.02 Å². The van der Waals surface area contributed by atoms with Gasteiger partial charge in [0.15, 0.2) is 0 Å². The Labute approximate surface area is 109 Å². The molecule has 0 aliphatic rings.